The van der Waals surface area contributed by atoms with Gasteiger partial charge in [-0.3, -0.25) is 9.80 Å². The number of piperazine rings is 1. The SMILES string of the molecule is O=C(O)c1ccc(CN2CCN(Cc3ccco3)CC2)cc1. The number of furan rings is 1. The Morgan fingerprint density at radius 2 is 1.64 bits per heavy atom. The van der Waals surface area contributed by atoms with E-state index in [-0.39, 0.29) is 0 Å². The molecular weight excluding hydrogens is 280 g/mol. The molecule has 0 radical (unpaired) electrons. The number of rotatable bonds is 5. The maximum absolute atomic E-state index is 10.8. The Bertz CT molecular complexity index is 599. The zero-order valence-corrected chi connectivity index (χ0v) is 12.4. The van der Waals surface area contributed by atoms with E-state index >= 15 is 0 Å². The molecule has 1 aliphatic heterocycles. The zero-order chi connectivity index (χ0) is 15.4. The second-order valence-corrected chi connectivity index (χ2v) is 5.63. The molecule has 0 spiro atoms. The van der Waals surface area contributed by atoms with Crippen LogP contribution in [0.25, 0.3) is 0 Å². The van der Waals surface area contributed by atoms with Gasteiger partial charge in [0.1, 0.15) is 5.76 Å². The molecule has 5 heteroatoms. The van der Waals surface area contributed by atoms with Crippen molar-refractivity contribution in [3.05, 3.63) is 59.5 Å². The van der Waals surface area contributed by atoms with Gasteiger partial charge in [0.2, 0.25) is 0 Å². The molecule has 1 aromatic carbocycles. The van der Waals surface area contributed by atoms with Crippen LogP contribution in [-0.2, 0) is 13.1 Å². The van der Waals surface area contributed by atoms with Crippen LogP contribution in [0.2, 0.25) is 0 Å². The first kappa shape index (κ1) is 14.8. The van der Waals surface area contributed by atoms with Crippen LogP contribution in [0.5, 0.6) is 0 Å². The van der Waals surface area contributed by atoms with Crippen LogP contribution >= 0.6 is 0 Å². The average molecular weight is 300 g/mol. The van der Waals surface area contributed by atoms with E-state index in [4.69, 9.17) is 9.52 Å². The second kappa shape index (κ2) is 6.77. The summed E-state index contributed by atoms with van der Waals surface area (Å²) in [5, 5.41) is 8.91. The van der Waals surface area contributed by atoms with Crippen LogP contribution in [0.4, 0.5) is 0 Å². The van der Waals surface area contributed by atoms with Crippen molar-refractivity contribution in [2.24, 2.45) is 0 Å². The van der Waals surface area contributed by atoms with E-state index in [0.717, 1.165) is 50.6 Å². The van der Waals surface area contributed by atoms with Gasteiger partial charge >= 0.3 is 5.97 Å². The summed E-state index contributed by atoms with van der Waals surface area (Å²) in [5.41, 5.74) is 1.50. The third kappa shape index (κ3) is 3.75. The first-order valence-electron chi connectivity index (χ1n) is 7.50. The minimum Gasteiger partial charge on any atom is -0.478 e. The number of hydrogen-bond donors (Lipinski definition) is 1. The first-order chi connectivity index (χ1) is 10.7. The van der Waals surface area contributed by atoms with Crippen LogP contribution in [0, 0.1) is 0 Å². The lowest BCUT2D eigenvalue weighted by molar-refractivity contribution is 0.0697. The number of nitrogens with zero attached hydrogens (tertiary/aromatic N) is 2. The second-order valence-electron chi connectivity index (χ2n) is 5.63. The molecule has 2 aromatic rings. The van der Waals surface area contributed by atoms with E-state index in [1.165, 1.54) is 0 Å². The fourth-order valence-corrected chi connectivity index (χ4v) is 2.74. The van der Waals surface area contributed by atoms with Crippen molar-refractivity contribution in [1.82, 2.24) is 9.80 Å². The molecule has 22 heavy (non-hydrogen) atoms. The maximum atomic E-state index is 10.8. The predicted octanol–water partition coefficient (Wildman–Crippen LogP) is 2.30. The maximum Gasteiger partial charge on any atom is 0.335 e. The third-order valence-electron chi connectivity index (χ3n) is 4.03. The van der Waals surface area contributed by atoms with E-state index < -0.39 is 5.97 Å². The van der Waals surface area contributed by atoms with Gasteiger partial charge in [-0.25, -0.2) is 4.79 Å². The van der Waals surface area contributed by atoms with Crippen molar-refractivity contribution < 1.29 is 14.3 Å². The number of carbonyl (C=O) groups is 1. The summed E-state index contributed by atoms with van der Waals surface area (Å²) in [6, 6.07) is 11.1. The van der Waals surface area contributed by atoms with Crippen LogP contribution in [0.3, 0.4) is 0 Å². The lowest BCUT2D eigenvalue weighted by Crippen LogP contribution is -2.45. The summed E-state index contributed by atoms with van der Waals surface area (Å²) >= 11 is 0. The lowest BCUT2D eigenvalue weighted by atomic mass is 10.1. The predicted molar refractivity (Wildman–Crippen MR) is 82.7 cm³/mol. The standard InChI is InChI=1S/C17H20N2O3/c20-17(21)15-5-3-14(4-6-15)12-18-7-9-19(10-8-18)13-16-2-1-11-22-16/h1-6,11H,7-10,12-13H2,(H,20,21). The van der Waals surface area contributed by atoms with Crippen LogP contribution in [0.15, 0.2) is 47.1 Å². The number of aromatic carboxylic acids is 1. The van der Waals surface area contributed by atoms with Gasteiger partial charge < -0.3 is 9.52 Å². The van der Waals surface area contributed by atoms with Crippen LogP contribution < -0.4 is 0 Å². The number of carboxylic acids is 1. The first-order valence-corrected chi connectivity index (χ1v) is 7.50. The van der Waals surface area contributed by atoms with Crippen molar-refractivity contribution >= 4 is 5.97 Å². The number of carboxylic acid groups (broad SMARTS) is 1. The highest BCUT2D eigenvalue weighted by atomic mass is 16.4. The largest absolute Gasteiger partial charge is 0.478 e. The molecule has 0 unspecified atom stereocenters. The van der Waals surface area contributed by atoms with E-state index in [1.807, 2.05) is 24.3 Å². The quantitative estimate of drug-likeness (QED) is 0.918. The van der Waals surface area contributed by atoms with E-state index in [0.29, 0.717) is 5.56 Å². The molecule has 1 N–H and O–H groups in total. The Morgan fingerprint density at radius 3 is 2.18 bits per heavy atom. The van der Waals surface area contributed by atoms with Gasteiger partial charge in [-0.1, -0.05) is 12.1 Å². The summed E-state index contributed by atoms with van der Waals surface area (Å²) in [6.07, 6.45) is 1.71. The number of hydrogen-bond acceptors (Lipinski definition) is 4. The highest BCUT2D eigenvalue weighted by molar-refractivity contribution is 5.87. The third-order valence-corrected chi connectivity index (χ3v) is 4.03. The van der Waals surface area contributed by atoms with Gasteiger partial charge in [0.15, 0.2) is 0 Å². The minimum atomic E-state index is -0.877. The Hall–Kier alpha value is -2.11. The highest BCUT2D eigenvalue weighted by Crippen LogP contribution is 2.12. The fourth-order valence-electron chi connectivity index (χ4n) is 2.74. The van der Waals surface area contributed by atoms with Gasteiger partial charge in [0.25, 0.3) is 0 Å². The molecule has 2 heterocycles. The molecule has 0 aliphatic carbocycles. The fraction of sp³-hybridized carbons (Fsp3) is 0.353. The zero-order valence-electron chi connectivity index (χ0n) is 12.4. The van der Waals surface area contributed by atoms with Gasteiger partial charge in [-0.15, -0.1) is 0 Å². The van der Waals surface area contributed by atoms with E-state index in [1.54, 1.807) is 18.4 Å². The molecule has 116 valence electrons. The summed E-state index contributed by atoms with van der Waals surface area (Å²) in [6.45, 7) is 5.81. The molecular formula is C17H20N2O3. The Morgan fingerprint density at radius 1 is 1.00 bits per heavy atom. The highest BCUT2D eigenvalue weighted by Gasteiger charge is 2.17. The van der Waals surface area contributed by atoms with Crippen molar-refractivity contribution in [3.8, 4) is 0 Å². The van der Waals surface area contributed by atoms with E-state index in [9.17, 15) is 4.79 Å². The summed E-state index contributed by atoms with van der Waals surface area (Å²) < 4.78 is 5.39. The average Bonchev–Trinajstić information content (AvgIpc) is 3.03. The molecule has 3 rings (SSSR count). The Kier molecular flexibility index (Phi) is 4.56. The van der Waals surface area contributed by atoms with Gasteiger partial charge in [-0.2, -0.15) is 0 Å². The molecule has 1 fully saturated rings. The molecule has 1 aromatic heterocycles. The van der Waals surface area contributed by atoms with Gasteiger partial charge in [-0.05, 0) is 29.8 Å². The van der Waals surface area contributed by atoms with E-state index in [2.05, 4.69) is 9.80 Å². The molecule has 0 bridgehead atoms. The van der Waals surface area contributed by atoms with Gasteiger partial charge in [0.05, 0.1) is 18.4 Å². The minimum absolute atomic E-state index is 0.340. The Labute approximate surface area is 129 Å². The normalized spacial score (nSPS) is 16.7. The van der Waals surface area contributed by atoms with Crippen molar-refractivity contribution in [1.29, 1.82) is 0 Å². The molecule has 0 amide bonds. The number of benzene rings is 1. The summed E-state index contributed by atoms with van der Waals surface area (Å²) in [4.78, 5) is 15.6. The lowest BCUT2D eigenvalue weighted by Gasteiger charge is -2.34. The Balaban J connectivity index is 1.48. The van der Waals surface area contributed by atoms with Crippen molar-refractivity contribution in [3.63, 3.8) is 0 Å². The van der Waals surface area contributed by atoms with Gasteiger partial charge in [0, 0.05) is 32.7 Å². The molecule has 1 aliphatic rings. The molecule has 5 nitrogen and oxygen atoms in total. The van der Waals surface area contributed by atoms with Crippen molar-refractivity contribution in [2.45, 2.75) is 13.1 Å². The van der Waals surface area contributed by atoms with Crippen molar-refractivity contribution in [2.75, 3.05) is 26.2 Å². The van der Waals surface area contributed by atoms with Crippen LogP contribution in [-0.4, -0.2) is 47.1 Å². The summed E-state index contributed by atoms with van der Waals surface area (Å²) in [5.74, 6) is 0.135. The topological polar surface area (TPSA) is 56.9 Å². The smallest absolute Gasteiger partial charge is 0.335 e. The molecule has 1 saturated heterocycles. The van der Waals surface area contributed by atoms with Crippen LogP contribution in [0.1, 0.15) is 21.7 Å². The molecule has 0 saturated carbocycles. The monoisotopic (exact) mass is 300 g/mol. The summed E-state index contributed by atoms with van der Waals surface area (Å²) in [7, 11) is 0. The molecule has 0 atom stereocenters.